The molecule has 0 spiro atoms. The largest absolute Gasteiger partial charge is 0.460 e. The molecular weight excluding hydrogens is 420 g/mol. The molecule has 1 heterocycles. The first-order valence-corrected chi connectivity index (χ1v) is 10.6. The van der Waals surface area contributed by atoms with Crippen molar-refractivity contribution in [2.45, 2.75) is 13.5 Å². The zero-order valence-electron chi connectivity index (χ0n) is 17.3. The summed E-state index contributed by atoms with van der Waals surface area (Å²) in [6.45, 7) is 2.84. The van der Waals surface area contributed by atoms with Gasteiger partial charge in [0.2, 0.25) is 0 Å². The first-order valence-electron chi connectivity index (χ1n) is 9.82. The molecule has 3 N–H and O–H groups in total. The topological polar surface area (TPSA) is 128 Å². The second-order valence-corrected chi connectivity index (χ2v) is 7.42. The summed E-state index contributed by atoms with van der Waals surface area (Å²) in [5.74, 6) is -0.818. The predicted octanol–water partition coefficient (Wildman–Crippen LogP) is -0.716. The molecule has 0 fully saturated rings. The highest BCUT2D eigenvalue weighted by Crippen LogP contribution is 2.04. The highest BCUT2D eigenvalue weighted by Gasteiger charge is 2.17. The average Bonchev–Trinajstić information content (AvgIpc) is 3.09. The predicted molar refractivity (Wildman–Crippen MR) is 119 cm³/mol. The lowest BCUT2D eigenvalue weighted by Gasteiger charge is -2.19. The molecule has 0 bridgehead atoms. The number of benzene rings is 1. The molecule has 0 unspecified atom stereocenters. The standard InChI is InChI=1S/C21H26N4O5S/c1-2-25-19(28)18(15-23-16-6-4-3-5-7-16)31-20(25)17(14-22)21(29)30-13-10-24(8-11-26)9-12-27/h3-7,15,23,26-27H,2,8-13H2,1H3/b18-15+,20-17-. The van der Waals surface area contributed by atoms with E-state index in [0.29, 0.717) is 30.7 Å². The van der Waals surface area contributed by atoms with E-state index in [1.807, 2.05) is 36.4 Å². The van der Waals surface area contributed by atoms with Gasteiger partial charge in [-0.15, -0.1) is 11.3 Å². The Morgan fingerprint density at radius 1 is 1.26 bits per heavy atom. The summed E-state index contributed by atoms with van der Waals surface area (Å²) in [4.78, 5) is 26.9. The Kier molecular flexibility index (Phi) is 9.93. The van der Waals surface area contributed by atoms with Gasteiger partial charge >= 0.3 is 5.97 Å². The molecule has 166 valence electrons. The SMILES string of the molecule is CCn1c(=O)/c(=C\Nc2ccccc2)s/c1=C(/C#N)C(=O)OCCN(CCO)CCO. The number of carbonyl (C=O) groups excluding carboxylic acids is 1. The van der Waals surface area contributed by atoms with Crippen LogP contribution in [0.1, 0.15) is 6.92 Å². The number of ether oxygens (including phenoxy) is 1. The van der Waals surface area contributed by atoms with Crippen LogP contribution in [0.25, 0.3) is 11.8 Å². The summed E-state index contributed by atoms with van der Waals surface area (Å²) >= 11 is 1.04. The van der Waals surface area contributed by atoms with Gasteiger partial charge in [0.1, 0.15) is 21.9 Å². The van der Waals surface area contributed by atoms with Gasteiger partial charge in [-0.3, -0.25) is 14.3 Å². The third kappa shape index (κ3) is 6.77. The van der Waals surface area contributed by atoms with Crippen LogP contribution in [0.15, 0.2) is 35.1 Å². The van der Waals surface area contributed by atoms with Crippen LogP contribution < -0.4 is 20.1 Å². The summed E-state index contributed by atoms with van der Waals surface area (Å²) in [6.07, 6.45) is 1.56. The number of hydrogen-bond acceptors (Lipinski definition) is 9. The first kappa shape index (κ1) is 24.3. The lowest BCUT2D eigenvalue weighted by molar-refractivity contribution is -0.137. The number of nitriles is 1. The number of aliphatic hydroxyl groups excluding tert-OH is 2. The fourth-order valence-corrected chi connectivity index (χ4v) is 3.89. The van der Waals surface area contributed by atoms with Crippen molar-refractivity contribution in [3.05, 3.63) is 49.9 Å². The number of rotatable bonds is 11. The quantitative estimate of drug-likeness (QED) is 0.386. The summed E-state index contributed by atoms with van der Waals surface area (Å²) in [5.41, 5.74) is 0.266. The lowest BCUT2D eigenvalue weighted by atomic mass is 10.3. The smallest absolute Gasteiger partial charge is 0.351 e. The van der Waals surface area contributed by atoms with Crippen molar-refractivity contribution < 1.29 is 19.7 Å². The number of para-hydroxylation sites is 1. The van der Waals surface area contributed by atoms with Gasteiger partial charge in [-0.1, -0.05) is 18.2 Å². The van der Waals surface area contributed by atoms with Crippen LogP contribution in [0.3, 0.4) is 0 Å². The molecule has 10 heteroatoms. The normalized spacial score (nSPS) is 12.5. The maximum atomic E-state index is 12.7. The van der Waals surface area contributed by atoms with E-state index in [9.17, 15) is 14.9 Å². The Morgan fingerprint density at radius 2 is 1.94 bits per heavy atom. The minimum Gasteiger partial charge on any atom is -0.460 e. The van der Waals surface area contributed by atoms with Crippen LogP contribution >= 0.6 is 11.3 Å². The lowest BCUT2D eigenvalue weighted by Crippen LogP contribution is -2.34. The van der Waals surface area contributed by atoms with Gasteiger partial charge in [-0.05, 0) is 19.1 Å². The van der Waals surface area contributed by atoms with Gasteiger partial charge in [0, 0.05) is 38.1 Å². The summed E-state index contributed by atoms with van der Waals surface area (Å²) in [7, 11) is 0. The number of thiazole rings is 1. The number of hydrogen-bond donors (Lipinski definition) is 3. The second kappa shape index (κ2) is 12.7. The molecule has 0 aliphatic carbocycles. The van der Waals surface area contributed by atoms with Crippen LogP contribution in [0.2, 0.25) is 0 Å². The molecule has 0 saturated heterocycles. The van der Waals surface area contributed by atoms with E-state index >= 15 is 0 Å². The summed E-state index contributed by atoms with van der Waals surface area (Å²) in [5, 5.41) is 30.7. The van der Waals surface area contributed by atoms with Crippen molar-refractivity contribution in [3.8, 4) is 6.07 Å². The zero-order chi connectivity index (χ0) is 22.6. The Bertz CT molecular complexity index is 1070. The summed E-state index contributed by atoms with van der Waals surface area (Å²) in [6, 6.07) is 11.2. The maximum absolute atomic E-state index is 12.7. The van der Waals surface area contributed by atoms with Crippen molar-refractivity contribution in [3.63, 3.8) is 0 Å². The molecule has 0 aliphatic heterocycles. The van der Waals surface area contributed by atoms with E-state index in [1.54, 1.807) is 18.0 Å². The molecular formula is C21H26N4O5S. The van der Waals surface area contributed by atoms with Crippen LogP contribution in [0.4, 0.5) is 5.69 Å². The van der Waals surface area contributed by atoms with Gasteiger partial charge in [0.15, 0.2) is 5.57 Å². The Balaban J connectivity index is 2.27. The highest BCUT2D eigenvalue weighted by atomic mass is 32.1. The molecule has 0 amide bonds. The Labute approximate surface area is 183 Å². The van der Waals surface area contributed by atoms with Gasteiger partial charge in [0.25, 0.3) is 5.56 Å². The highest BCUT2D eigenvalue weighted by molar-refractivity contribution is 7.07. The van der Waals surface area contributed by atoms with Gasteiger partial charge < -0.3 is 20.3 Å². The number of carbonyl (C=O) groups is 1. The summed E-state index contributed by atoms with van der Waals surface area (Å²) < 4.78 is 7.18. The van der Waals surface area contributed by atoms with Crippen LogP contribution in [-0.2, 0) is 16.1 Å². The third-order valence-electron chi connectivity index (χ3n) is 4.37. The van der Waals surface area contributed by atoms with Crippen LogP contribution in [-0.4, -0.2) is 65.1 Å². The van der Waals surface area contributed by atoms with E-state index in [2.05, 4.69) is 5.32 Å². The molecule has 2 rings (SSSR count). The number of nitrogens with one attached hydrogen (secondary N) is 1. The van der Waals surface area contributed by atoms with E-state index in [-0.39, 0.29) is 35.6 Å². The number of aliphatic hydroxyl groups is 2. The van der Waals surface area contributed by atoms with Crippen molar-refractivity contribution in [1.82, 2.24) is 9.47 Å². The Hall–Kier alpha value is -2.97. The number of anilines is 1. The van der Waals surface area contributed by atoms with E-state index in [4.69, 9.17) is 14.9 Å². The van der Waals surface area contributed by atoms with Crippen LogP contribution in [0, 0.1) is 11.3 Å². The maximum Gasteiger partial charge on any atom is 0.351 e. The van der Waals surface area contributed by atoms with Gasteiger partial charge in [-0.2, -0.15) is 5.26 Å². The van der Waals surface area contributed by atoms with E-state index < -0.39 is 5.97 Å². The van der Waals surface area contributed by atoms with Gasteiger partial charge in [0.05, 0.1) is 13.2 Å². The fraction of sp³-hybridized carbons (Fsp3) is 0.381. The molecule has 0 aliphatic rings. The zero-order valence-corrected chi connectivity index (χ0v) is 18.1. The number of esters is 1. The average molecular weight is 447 g/mol. The second-order valence-electron chi connectivity index (χ2n) is 6.39. The third-order valence-corrected chi connectivity index (χ3v) is 5.50. The van der Waals surface area contributed by atoms with Crippen molar-refractivity contribution in [2.75, 3.05) is 44.8 Å². The fourth-order valence-electron chi connectivity index (χ4n) is 2.81. The van der Waals surface area contributed by atoms with E-state index in [1.165, 1.54) is 4.57 Å². The first-order chi connectivity index (χ1) is 15.0. The minimum absolute atomic E-state index is 0.0136. The molecule has 0 saturated carbocycles. The number of aromatic nitrogens is 1. The molecule has 31 heavy (non-hydrogen) atoms. The van der Waals surface area contributed by atoms with Crippen molar-refractivity contribution in [2.24, 2.45) is 0 Å². The molecule has 0 radical (unpaired) electrons. The number of nitrogens with zero attached hydrogens (tertiary/aromatic N) is 3. The minimum atomic E-state index is -0.818. The Morgan fingerprint density at radius 3 is 2.52 bits per heavy atom. The van der Waals surface area contributed by atoms with Gasteiger partial charge in [-0.25, -0.2) is 4.79 Å². The monoisotopic (exact) mass is 446 g/mol. The van der Waals surface area contributed by atoms with E-state index in [0.717, 1.165) is 17.0 Å². The molecule has 9 nitrogen and oxygen atoms in total. The van der Waals surface area contributed by atoms with Crippen molar-refractivity contribution in [1.29, 1.82) is 5.26 Å². The molecule has 1 aromatic carbocycles. The molecule has 0 atom stereocenters. The molecule has 2 aromatic rings. The van der Waals surface area contributed by atoms with Crippen molar-refractivity contribution >= 4 is 34.8 Å². The molecule has 1 aromatic heterocycles. The van der Waals surface area contributed by atoms with Crippen LogP contribution in [0.5, 0.6) is 0 Å².